The highest BCUT2D eigenvalue weighted by Gasteiger charge is 2.17. The second-order valence-electron chi connectivity index (χ2n) is 4.89. The van der Waals surface area contributed by atoms with Crippen LogP contribution in [0, 0.1) is 10.1 Å². The highest BCUT2D eigenvalue weighted by atomic mass is 35.5. The predicted octanol–water partition coefficient (Wildman–Crippen LogP) is 5.82. The zero-order valence-corrected chi connectivity index (χ0v) is 14.0. The highest BCUT2D eigenvalue weighted by molar-refractivity contribution is 6.42. The molecule has 0 unspecified atom stereocenters. The first-order valence-corrected chi connectivity index (χ1v) is 7.90. The summed E-state index contributed by atoms with van der Waals surface area (Å²) in [5.74, 6) is 0.757. The fraction of sp³-hybridized carbons (Fsp3) is 0.250. The zero-order valence-electron chi connectivity index (χ0n) is 12.5. The number of halogens is 2. The van der Waals surface area contributed by atoms with Crippen LogP contribution in [0.15, 0.2) is 36.4 Å². The average molecular weight is 355 g/mol. The van der Waals surface area contributed by atoms with Crippen molar-refractivity contribution in [1.29, 1.82) is 0 Å². The molecule has 23 heavy (non-hydrogen) atoms. The Kier molecular flexibility index (Phi) is 6.07. The number of nitrogens with zero attached hydrogens (tertiary/aromatic N) is 1. The Labute approximate surface area is 144 Å². The van der Waals surface area contributed by atoms with Crippen molar-refractivity contribution >= 4 is 40.3 Å². The molecule has 0 saturated carbocycles. The SMILES string of the molecule is CCCCOc1ccc(Nc2cc(Cl)c(Cl)cc2[N+](=O)[O-])cc1. The molecule has 0 aliphatic carbocycles. The summed E-state index contributed by atoms with van der Waals surface area (Å²) < 4.78 is 5.57. The van der Waals surface area contributed by atoms with Crippen LogP contribution in [0.4, 0.5) is 17.1 Å². The molecule has 0 spiro atoms. The number of anilines is 2. The van der Waals surface area contributed by atoms with E-state index in [4.69, 9.17) is 27.9 Å². The van der Waals surface area contributed by atoms with Crippen LogP contribution >= 0.6 is 23.2 Å². The number of unbranched alkanes of at least 4 members (excludes halogenated alkanes) is 1. The van der Waals surface area contributed by atoms with E-state index in [9.17, 15) is 10.1 Å². The van der Waals surface area contributed by atoms with E-state index in [1.165, 1.54) is 12.1 Å². The van der Waals surface area contributed by atoms with Crippen LogP contribution in [0.1, 0.15) is 19.8 Å². The molecule has 0 aromatic heterocycles. The monoisotopic (exact) mass is 354 g/mol. The van der Waals surface area contributed by atoms with Crippen LogP contribution in [0.25, 0.3) is 0 Å². The molecule has 2 aromatic carbocycles. The molecule has 0 fully saturated rings. The van der Waals surface area contributed by atoms with Crippen LogP contribution in [0.3, 0.4) is 0 Å². The Morgan fingerprint density at radius 3 is 2.43 bits per heavy atom. The van der Waals surface area contributed by atoms with Gasteiger partial charge in [0.2, 0.25) is 0 Å². The normalized spacial score (nSPS) is 10.4. The van der Waals surface area contributed by atoms with Gasteiger partial charge in [0.25, 0.3) is 5.69 Å². The molecule has 2 rings (SSSR count). The molecule has 0 radical (unpaired) electrons. The number of nitro benzene ring substituents is 1. The van der Waals surface area contributed by atoms with Gasteiger partial charge in [-0.15, -0.1) is 0 Å². The zero-order chi connectivity index (χ0) is 16.8. The fourth-order valence-corrected chi connectivity index (χ4v) is 2.23. The van der Waals surface area contributed by atoms with Gasteiger partial charge in [0.05, 0.1) is 21.6 Å². The van der Waals surface area contributed by atoms with Crippen LogP contribution in [0.5, 0.6) is 5.75 Å². The van der Waals surface area contributed by atoms with Crippen LogP contribution in [-0.4, -0.2) is 11.5 Å². The number of hydrogen-bond donors (Lipinski definition) is 1. The van der Waals surface area contributed by atoms with Gasteiger partial charge in [-0.2, -0.15) is 0 Å². The van der Waals surface area contributed by atoms with Gasteiger partial charge < -0.3 is 10.1 Å². The maximum atomic E-state index is 11.1. The molecule has 5 nitrogen and oxygen atoms in total. The van der Waals surface area contributed by atoms with E-state index < -0.39 is 4.92 Å². The van der Waals surface area contributed by atoms with E-state index in [1.807, 2.05) is 0 Å². The van der Waals surface area contributed by atoms with Crippen molar-refractivity contribution in [3.63, 3.8) is 0 Å². The van der Waals surface area contributed by atoms with Gasteiger partial charge in [-0.05, 0) is 36.8 Å². The van der Waals surface area contributed by atoms with E-state index in [-0.39, 0.29) is 21.4 Å². The Bertz CT molecular complexity index is 690. The van der Waals surface area contributed by atoms with E-state index in [0.29, 0.717) is 12.3 Å². The van der Waals surface area contributed by atoms with Crippen molar-refractivity contribution in [3.05, 3.63) is 56.6 Å². The quantitative estimate of drug-likeness (QED) is 0.386. The largest absolute Gasteiger partial charge is 0.494 e. The lowest BCUT2D eigenvalue weighted by molar-refractivity contribution is -0.383. The summed E-state index contributed by atoms with van der Waals surface area (Å²) in [6.45, 7) is 2.77. The van der Waals surface area contributed by atoms with Gasteiger partial charge in [-0.25, -0.2) is 0 Å². The summed E-state index contributed by atoms with van der Waals surface area (Å²) in [5.41, 5.74) is 0.834. The van der Waals surface area contributed by atoms with Gasteiger partial charge >= 0.3 is 0 Å². The number of nitrogens with one attached hydrogen (secondary N) is 1. The second kappa shape index (κ2) is 8.04. The van der Waals surface area contributed by atoms with Gasteiger partial charge in [-0.1, -0.05) is 36.5 Å². The Balaban J connectivity index is 2.16. The summed E-state index contributed by atoms with van der Waals surface area (Å²) in [6.07, 6.45) is 2.07. The molecule has 0 saturated heterocycles. The molecule has 0 bridgehead atoms. The molecular weight excluding hydrogens is 339 g/mol. The molecule has 7 heteroatoms. The Morgan fingerprint density at radius 1 is 1.17 bits per heavy atom. The first-order chi connectivity index (χ1) is 11.0. The van der Waals surface area contributed by atoms with Crippen LogP contribution < -0.4 is 10.1 Å². The van der Waals surface area contributed by atoms with Crippen LogP contribution in [0.2, 0.25) is 10.0 Å². The number of nitro groups is 1. The van der Waals surface area contributed by atoms with Gasteiger partial charge in [0.15, 0.2) is 0 Å². The third-order valence-corrected chi connectivity index (χ3v) is 3.86. The molecule has 0 amide bonds. The summed E-state index contributed by atoms with van der Waals surface area (Å²) >= 11 is 11.8. The molecule has 0 aliphatic heterocycles. The molecule has 0 atom stereocenters. The van der Waals surface area contributed by atoms with E-state index in [1.54, 1.807) is 24.3 Å². The number of hydrogen-bond acceptors (Lipinski definition) is 4. The summed E-state index contributed by atoms with van der Waals surface area (Å²) in [7, 11) is 0. The summed E-state index contributed by atoms with van der Waals surface area (Å²) in [4.78, 5) is 10.6. The number of ether oxygens (including phenoxy) is 1. The van der Waals surface area contributed by atoms with Gasteiger partial charge in [0, 0.05) is 11.8 Å². The minimum atomic E-state index is -0.507. The van der Waals surface area contributed by atoms with E-state index in [2.05, 4.69) is 12.2 Å². The minimum absolute atomic E-state index is 0.136. The number of benzene rings is 2. The standard InChI is InChI=1S/C16H16Cl2N2O3/c1-2-3-8-23-12-6-4-11(5-7-12)19-15-9-13(17)14(18)10-16(15)20(21)22/h4-7,9-10,19H,2-3,8H2,1H3. The first kappa shape index (κ1) is 17.4. The third-order valence-electron chi connectivity index (χ3n) is 3.14. The minimum Gasteiger partial charge on any atom is -0.494 e. The lowest BCUT2D eigenvalue weighted by Crippen LogP contribution is -1.98. The molecule has 2 aromatic rings. The van der Waals surface area contributed by atoms with E-state index in [0.717, 1.165) is 18.6 Å². The van der Waals surface area contributed by atoms with Crippen molar-refractivity contribution in [2.45, 2.75) is 19.8 Å². The predicted molar refractivity (Wildman–Crippen MR) is 93.2 cm³/mol. The molecule has 122 valence electrons. The van der Waals surface area contributed by atoms with Crippen molar-refractivity contribution < 1.29 is 9.66 Å². The molecular formula is C16H16Cl2N2O3. The first-order valence-electron chi connectivity index (χ1n) is 7.14. The molecule has 0 aliphatic rings. The maximum absolute atomic E-state index is 11.1. The fourth-order valence-electron chi connectivity index (χ4n) is 1.91. The summed E-state index contributed by atoms with van der Waals surface area (Å²) in [5, 5.41) is 14.5. The van der Waals surface area contributed by atoms with Crippen molar-refractivity contribution in [2.24, 2.45) is 0 Å². The van der Waals surface area contributed by atoms with E-state index >= 15 is 0 Å². The second-order valence-corrected chi connectivity index (χ2v) is 5.71. The smallest absolute Gasteiger partial charge is 0.294 e. The maximum Gasteiger partial charge on any atom is 0.294 e. The third kappa shape index (κ3) is 4.74. The average Bonchev–Trinajstić information content (AvgIpc) is 2.52. The Hall–Kier alpha value is -1.98. The lowest BCUT2D eigenvalue weighted by Gasteiger charge is -2.10. The highest BCUT2D eigenvalue weighted by Crippen LogP contribution is 2.35. The van der Waals surface area contributed by atoms with Crippen molar-refractivity contribution in [1.82, 2.24) is 0 Å². The lowest BCUT2D eigenvalue weighted by atomic mass is 10.2. The molecule has 0 heterocycles. The Morgan fingerprint density at radius 2 is 1.83 bits per heavy atom. The molecule has 1 N–H and O–H groups in total. The van der Waals surface area contributed by atoms with Crippen LogP contribution in [-0.2, 0) is 0 Å². The topological polar surface area (TPSA) is 64.4 Å². The van der Waals surface area contributed by atoms with Crippen molar-refractivity contribution in [3.8, 4) is 5.75 Å². The van der Waals surface area contributed by atoms with Crippen molar-refractivity contribution in [2.75, 3.05) is 11.9 Å². The summed E-state index contributed by atoms with van der Waals surface area (Å²) in [6, 6.07) is 9.85. The van der Waals surface area contributed by atoms with Gasteiger partial charge in [-0.3, -0.25) is 10.1 Å². The number of rotatable bonds is 7. The van der Waals surface area contributed by atoms with Gasteiger partial charge in [0.1, 0.15) is 11.4 Å².